The fraction of sp³-hybridized carbons (Fsp3) is 0.200. The van der Waals surface area contributed by atoms with Gasteiger partial charge in [-0.15, -0.1) is 0 Å². The van der Waals surface area contributed by atoms with Crippen LogP contribution in [0.2, 0.25) is 0 Å². The van der Waals surface area contributed by atoms with Gasteiger partial charge in [-0.1, -0.05) is 36.4 Å². The third-order valence-corrected chi connectivity index (χ3v) is 3.98. The Balaban J connectivity index is 1.77. The molecule has 1 heterocycles. The van der Waals surface area contributed by atoms with E-state index in [0.29, 0.717) is 5.82 Å². The van der Waals surface area contributed by atoms with E-state index < -0.39 is 0 Å². The number of ether oxygens (including phenoxy) is 1. The Morgan fingerprint density at radius 2 is 1.75 bits per heavy atom. The zero-order chi connectivity index (χ0) is 16.8. The number of hydrogen-bond acceptors (Lipinski definition) is 4. The first-order chi connectivity index (χ1) is 11.8. The first-order valence-electron chi connectivity index (χ1n) is 8.00. The molecule has 122 valence electrons. The highest BCUT2D eigenvalue weighted by molar-refractivity contribution is 5.64. The summed E-state index contributed by atoms with van der Waals surface area (Å²) in [5.74, 6) is 1.45. The van der Waals surface area contributed by atoms with Crippen LogP contribution in [0.3, 0.4) is 0 Å². The molecule has 1 atom stereocenters. The number of hydrogen-bond donors (Lipinski definition) is 1. The molecule has 0 fully saturated rings. The normalized spacial score (nSPS) is 11.9. The number of benzene rings is 2. The SMILES string of the molecule is COc1ccc(CN[C@H](C)c2ccccc2)cc1-c1ncccn1. The van der Waals surface area contributed by atoms with Crippen LogP contribution in [-0.4, -0.2) is 17.1 Å². The minimum atomic E-state index is 0.282. The van der Waals surface area contributed by atoms with Crippen molar-refractivity contribution in [1.29, 1.82) is 0 Å². The highest BCUT2D eigenvalue weighted by atomic mass is 16.5. The standard InChI is InChI=1S/C20H21N3O/c1-15(17-7-4-3-5-8-17)23-14-16-9-10-19(24-2)18(13-16)20-21-11-6-12-22-20/h3-13,15,23H,14H2,1-2H3/t15-/m1/s1. The summed E-state index contributed by atoms with van der Waals surface area (Å²) in [7, 11) is 1.66. The highest BCUT2D eigenvalue weighted by Gasteiger charge is 2.10. The molecule has 0 radical (unpaired) electrons. The number of nitrogens with zero attached hydrogens (tertiary/aromatic N) is 2. The lowest BCUT2D eigenvalue weighted by molar-refractivity contribution is 0.416. The first kappa shape index (κ1) is 16.1. The third kappa shape index (κ3) is 3.78. The molecule has 3 rings (SSSR count). The second-order valence-corrected chi connectivity index (χ2v) is 5.62. The molecular weight excluding hydrogens is 298 g/mol. The Hall–Kier alpha value is -2.72. The summed E-state index contributed by atoms with van der Waals surface area (Å²) < 4.78 is 5.45. The van der Waals surface area contributed by atoms with Crippen molar-refractivity contribution in [3.05, 3.63) is 78.1 Å². The number of aromatic nitrogens is 2. The average Bonchev–Trinajstić information content (AvgIpc) is 2.67. The van der Waals surface area contributed by atoms with Gasteiger partial charge in [-0.25, -0.2) is 9.97 Å². The molecule has 0 aliphatic rings. The Kier molecular flexibility index (Phi) is 5.18. The van der Waals surface area contributed by atoms with Gasteiger partial charge in [0.05, 0.1) is 12.7 Å². The van der Waals surface area contributed by atoms with Crippen molar-refractivity contribution in [2.24, 2.45) is 0 Å². The molecule has 4 nitrogen and oxygen atoms in total. The molecular formula is C20H21N3O. The van der Waals surface area contributed by atoms with E-state index in [2.05, 4.69) is 58.6 Å². The van der Waals surface area contributed by atoms with Crippen molar-refractivity contribution in [1.82, 2.24) is 15.3 Å². The van der Waals surface area contributed by atoms with Gasteiger partial charge >= 0.3 is 0 Å². The average molecular weight is 319 g/mol. The van der Waals surface area contributed by atoms with Crippen molar-refractivity contribution >= 4 is 0 Å². The van der Waals surface area contributed by atoms with Gasteiger partial charge in [0.25, 0.3) is 0 Å². The molecule has 24 heavy (non-hydrogen) atoms. The fourth-order valence-electron chi connectivity index (χ4n) is 2.61. The maximum atomic E-state index is 5.45. The van der Waals surface area contributed by atoms with Crippen LogP contribution in [0, 0.1) is 0 Å². The van der Waals surface area contributed by atoms with Crippen molar-refractivity contribution < 1.29 is 4.74 Å². The van der Waals surface area contributed by atoms with Crippen LogP contribution in [0.4, 0.5) is 0 Å². The van der Waals surface area contributed by atoms with Crippen molar-refractivity contribution in [3.63, 3.8) is 0 Å². The van der Waals surface area contributed by atoms with Crippen LogP contribution in [-0.2, 0) is 6.54 Å². The second-order valence-electron chi connectivity index (χ2n) is 5.62. The van der Waals surface area contributed by atoms with Crippen LogP contribution < -0.4 is 10.1 Å². The zero-order valence-corrected chi connectivity index (χ0v) is 13.9. The van der Waals surface area contributed by atoms with Crippen LogP contribution in [0.1, 0.15) is 24.1 Å². The van der Waals surface area contributed by atoms with E-state index in [-0.39, 0.29) is 6.04 Å². The molecule has 0 amide bonds. The molecule has 0 aliphatic heterocycles. The maximum absolute atomic E-state index is 5.45. The van der Waals surface area contributed by atoms with Gasteiger partial charge in [0.1, 0.15) is 5.75 Å². The Labute approximate surface area is 142 Å². The number of nitrogens with one attached hydrogen (secondary N) is 1. The van der Waals surface area contributed by atoms with Gasteiger partial charge in [0.2, 0.25) is 0 Å². The molecule has 3 aromatic rings. The summed E-state index contributed by atoms with van der Waals surface area (Å²) >= 11 is 0. The Bertz CT molecular complexity index is 775. The lowest BCUT2D eigenvalue weighted by Crippen LogP contribution is -2.18. The molecule has 0 bridgehead atoms. The van der Waals surface area contributed by atoms with Crippen LogP contribution >= 0.6 is 0 Å². The van der Waals surface area contributed by atoms with Gasteiger partial charge in [-0.3, -0.25) is 0 Å². The van der Waals surface area contributed by atoms with Gasteiger partial charge < -0.3 is 10.1 Å². The summed E-state index contributed by atoms with van der Waals surface area (Å²) in [6, 6.07) is 18.6. The molecule has 0 saturated carbocycles. The second kappa shape index (κ2) is 7.70. The minimum Gasteiger partial charge on any atom is -0.496 e. The monoisotopic (exact) mass is 319 g/mol. The Morgan fingerprint density at radius 3 is 2.46 bits per heavy atom. The summed E-state index contributed by atoms with van der Waals surface area (Å²) in [6.07, 6.45) is 3.48. The van der Waals surface area contributed by atoms with E-state index in [1.165, 1.54) is 11.1 Å². The van der Waals surface area contributed by atoms with Gasteiger partial charge in [0.15, 0.2) is 5.82 Å². The van der Waals surface area contributed by atoms with Crippen LogP contribution in [0.15, 0.2) is 67.0 Å². The summed E-state index contributed by atoms with van der Waals surface area (Å²) in [4.78, 5) is 8.66. The van der Waals surface area contributed by atoms with Crippen molar-refractivity contribution in [2.75, 3.05) is 7.11 Å². The smallest absolute Gasteiger partial charge is 0.162 e. The zero-order valence-electron chi connectivity index (χ0n) is 13.9. The van der Waals surface area contributed by atoms with Gasteiger partial charge in [-0.2, -0.15) is 0 Å². The number of methoxy groups -OCH3 is 1. The summed E-state index contributed by atoms with van der Waals surface area (Å²) in [5.41, 5.74) is 3.35. The Morgan fingerprint density at radius 1 is 1.00 bits per heavy atom. The van der Waals surface area contributed by atoms with E-state index in [9.17, 15) is 0 Å². The van der Waals surface area contributed by atoms with Crippen LogP contribution in [0.25, 0.3) is 11.4 Å². The van der Waals surface area contributed by atoms with Gasteiger partial charge in [-0.05, 0) is 36.2 Å². The highest BCUT2D eigenvalue weighted by Crippen LogP contribution is 2.28. The molecule has 0 aliphatic carbocycles. The van der Waals surface area contributed by atoms with Crippen molar-refractivity contribution in [2.45, 2.75) is 19.5 Å². The van der Waals surface area contributed by atoms with E-state index in [0.717, 1.165) is 17.9 Å². The molecule has 0 unspecified atom stereocenters. The largest absolute Gasteiger partial charge is 0.496 e. The summed E-state index contributed by atoms with van der Waals surface area (Å²) in [6.45, 7) is 2.93. The quantitative estimate of drug-likeness (QED) is 0.746. The predicted molar refractivity (Wildman–Crippen MR) is 95.7 cm³/mol. The van der Waals surface area contributed by atoms with Crippen molar-refractivity contribution in [3.8, 4) is 17.1 Å². The maximum Gasteiger partial charge on any atom is 0.162 e. The topological polar surface area (TPSA) is 47.0 Å². The van der Waals surface area contributed by atoms with E-state index in [1.54, 1.807) is 19.5 Å². The van der Waals surface area contributed by atoms with E-state index in [4.69, 9.17) is 4.74 Å². The van der Waals surface area contributed by atoms with E-state index in [1.807, 2.05) is 18.2 Å². The third-order valence-electron chi connectivity index (χ3n) is 3.98. The summed E-state index contributed by atoms with van der Waals surface area (Å²) in [5, 5.41) is 3.55. The molecule has 0 saturated heterocycles. The molecule has 1 aromatic heterocycles. The lowest BCUT2D eigenvalue weighted by Gasteiger charge is -2.15. The van der Waals surface area contributed by atoms with Crippen LogP contribution in [0.5, 0.6) is 5.75 Å². The molecule has 4 heteroatoms. The molecule has 1 N–H and O–H groups in total. The minimum absolute atomic E-state index is 0.282. The predicted octanol–water partition coefficient (Wildman–Crippen LogP) is 4.00. The van der Waals surface area contributed by atoms with E-state index >= 15 is 0 Å². The molecule has 2 aromatic carbocycles. The lowest BCUT2D eigenvalue weighted by atomic mass is 10.1. The van der Waals surface area contributed by atoms with Gasteiger partial charge in [0, 0.05) is 25.0 Å². The number of rotatable bonds is 6. The molecule has 0 spiro atoms. The fourth-order valence-corrected chi connectivity index (χ4v) is 2.61. The first-order valence-corrected chi connectivity index (χ1v) is 8.00.